The summed E-state index contributed by atoms with van der Waals surface area (Å²) in [6.07, 6.45) is 3.24. The van der Waals surface area contributed by atoms with Gasteiger partial charge in [-0.25, -0.2) is 0 Å². The van der Waals surface area contributed by atoms with E-state index in [1.54, 1.807) is 0 Å². The van der Waals surface area contributed by atoms with E-state index in [4.69, 9.17) is 13.6 Å². The first-order chi connectivity index (χ1) is 16.5. The molecule has 217 valence electrons. The first kappa shape index (κ1) is 31.6. The Morgan fingerprint density at radius 3 is 0.973 bits per heavy atom. The van der Waals surface area contributed by atoms with Crippen LogP contribution in [0.5, 0.6) is 0 Å². The summed E-state index contributed by atoms with van der Waals surface area (Å²) >= 11 is 0. The first-order valence-electron chi connectivity index (χ1n) is 13.7. The summed E-state index contributed by atoms with van der Waals surface area (Å²) < 4.78 is 20.0. The second-order valence-electron chi connectivity index (χ2n) is 15.4. The molecule has 0 aromatic heterocycles. The van der Waals surface area contributed by atoms with Crippen molar-refractivity contribution in [3.05, 3.63) is 0 Å². The molecule has 10 heteroatoms. The highest BCUT2D eigenvalue weighted by molar-refractivity contribution is 7.41. The van der Waals surface area contributed by atoms with Crippen LogP contribution >= 0.6 is 8.60 Å². The first-order valence-corrected chi connectivity index (χ1v) is 14.8. The van der Waals surface area contributed by atoms with E-state index in [0.29, 0.717) is 38.5 Å². The van der Waals surface area contributed by atoms with Gasteiger partial charge in [-0.3, -0.25) is 0 Å². The molecule has 0 atom stereocenters. The molecular formula is C27H53N3O6P. The molecule has 3 aliphatic rings. The maximum Gasteiger partial charge on any atom is 0.333 e. The van der Waals surface area contributed by atoms with Crippen LogP contribution in [-0.2, 0) is 18.8 Å². The Hall–Kier alpha value is 0.0700. The average Bonchev–Trinajstić information content (AvgIpc) is 2.67. The molecular weight excluding hydrogens is 493 g/mol. The second kappa shape index (κ2) is 10.2. The molecule has 3 rings (SSSR count). The molecule has 37 heavy (non-hydrogen) atoms. The van der Waals surface area contributed by atoms with Crippen molar-refractivity contribution < 1.29 is 29.2 Å². The number of rotatable bonds is 6. The van der Waals surface area contributed by atoms with Gasteiger partial charge in [0.1, 0.15) is 0 Å². The Labute approximate surface area is 226 Å². The molecule has 3 aliphatic heterocycles. The van der Waals surface area contributed by atoms with Gasteiger partial charge >= 0.3 is 8.60 Å². The molecule has 0 spiro atoms. The SMILES string of the molecule is CC1(C)CC(OP(OC2CC(C)(C)N(O)C(C)(C)C2)OC2CC(C)(C)N(O)C(C)(C)C2)CC(C)(C)N1[O]. The number of piperidine rings is 3. The maximum absolute atomic E-state index is 12.9. The highest BCUT2D eigenvalue weighted by Crippen LogP contribution is 2.53. The lowest BCUT2D eigenvalue weighted by molar-refractivity contribution is -0.297. The van der Waals surface area contributed by atoms with Crippen LogP contribution in [0, 0.1) is 0 Å². The number of hydroxylamine groups is 6. The summed E-state index contributed by atoms with van der Waals surface area (Å²) in [7, 11) is -1.74. The van der Waals surface area contributed by atoms with Crippen LogP contribution in [0.1, 0.15) is 122 Å². The normalized spacial score (nSPS) is 31.1. The minimum Gasteiger partial charge on any atom is -0.313 e. The van der Waals surface area contributed by atoms with Gasteiger partial charge in [0.05, 0.1) is 18.3 Å². The number of hydrogen-bond acceptors (Lipinski definition) is 8. The van der Waals surface area contributed by atoms with Gasteiger partial charge in [-0.05, 0) is 122 Å². The van der Waals surface area contributed by atoms with Gasteiger partial charge < -0.3 is 24.0 Å². The maximum atomic E-state index is 12.9. The topological polar surface area (TPSA) is 97.8 Å². The van der Waals surface area contributed by atoms with E-state index in [-0.39, 0.29) is 18.3 Å². The fraction of sp³-hybridized carbons (Fsp3) is 1.00. The molecule has 2 N–H and O–H groups in total. The Kier molecular flexibility index (Phi) is 8.68. The van der Waals surface area contributed by atoms with Crippen LogP contribution in [0.2, 0.25) is 0 Å². The average molecular weight is 547 g/mol. The minimum absolute atomic E-state index is 0.154. The zero-order valence-electron chi connectivity index (χ0n) is 25.3. The lowest BCUT2D eigenvalue weighted by Gasteiger charge is -2.53. The van der Waals surface area contributed by atoms with E-state index in [2.05, 4.69) is 0 Å². The monoisotopic (exact) mass is 546 g/mol. The quantitative estimate of drug-likeness (QED) is 0.367. The van der Waals surface area contributed by atoms with Crippen LogP contribution in [0.4, 0.5) is 0 Å². The molecule has 0 unspecified atom stereocenters. The summed E-state index contributed by atoms with van der Waals surface area (Å²) in [5.74, 6) is 0. The van der Waals surface area contributed by atoms with Crippen molar-refractivity contribution in [3.8, 4) is 0 Å². The smallest absolute Gasteiger partial charge is 0.313 e. The summed E-state index contributed by atoms with van der Waals surface area (Å²) in [4.78, 5) is 0. The Morgan fingerprint density at radius 1 is 0.514 bits per heavy atom. The Balaban J connectivity index is 1.84. The molecule has 0 bridgehead atoms. The summed E-state index contributed by atoms with van der Waals surface area (Å²) in [5, 5.41) is 38.6. The van der Waals surface area contributed by atoms with Crippen molar-refractivity contribution >= 4 is 8.60 Å². The molecule has 0 aromatic carbocycles. The zero-order chi connectivity index (χ0) is 28.4. The number of nitrogens with zero attached hydrogens (tertiary/aromatic N) is 3. The van der Waals surface area contributed by atoms with Gasteiger partial charge in [-0.1, -0.05) is 0 Å². The lowest BCUT2D eigenvalue weighted by Crippen LogP contribution is -2.61. The third kappa shape index (κ3) is 6.87. The highest BCUT2D eigenvalue weighted by Gasteiger charge is 2.51. The van der Waals surface area contributed by atoms with E-state index < -0.39 is 41.8 Å². The van der Waals surface area contributed by atoms with Gasteiger partial charge in [0, 0.05) is 33.2 Å². The largest absolute Gasteiger partial charge is 0.333 e. The standard InChI is InChI=1S/C27H53N3O6P/c1-22(2)13-19(14-23(3,4)28(22)31)34-37(35-20-15-24(5,6)29(32)25(7,8)16-20)36-21-17-26(9,10)30(33)27(11,12)18-21/h19-21,31-32H,13-18H2,1-12H3. The lowest BCUT2D eigenvalue weighted by atomic mass is 9.80. The van der Waals surface area contributed by atoms with Gasteiger partial charge in [0.25, 0.3) is 0 Å². The van der Waals surface area contributed by atoms with Crippen LogP contribution in [-0.4, -0.2) is 77.1 Å². The van der Waals surface area contributed by atoms with Crippen molar-refractivity contribution in [1.82, 2.24) is 15.2 Å². The van der Waals surface area contributed by atoms with Gasteiger partial charge in [-0.2, -0.15) is 10.1 Å². The predicted octanol–water partition coefficient (Wildman–Crippen LogP) is 6.45. The summed E-state index contributed by atoms with van der Waals surface area (Å²) in [5.41, 5.74) is -2.97. The minimum atomic E-state index is -1.74. The molecule has 1 radical (unpaired) electrons. The van der Waals surface area contributed by atoms with Gasteiger partial charge in [0.15, 0.2) is 0 Å². The van der Waals surface area contributed by atoms with Crippen molar-refractivity contribution in [3.63, 3.8) is 0 Å². The van der Waals surface area contributed by atoms with E-state index in [1.165, 1.54) is 15.2 Å². The molecule has 0 amide bonds. The fourth-order valence-corrected chi connectivity index (χ4v) is 8.52. The molecule has 0 aromatic rings. The van der Waals surface area contributed by atoms with E-state index in [1.807, 2.05) is 83.1 Å². The number of hydrogen-bond donors (Lipinski definition) is 2. The van der Waals surface area contributed by atoms with Crippen molar-refractivity contribution in [1.29, 1.82) is 0 Å². The molecule has 9 nitrogen and oxygen atoms in total. The highest BCUT2D eigenvalue weighted by atomic mass is 31.2. The Morgan fingerprint density at radius 2 is 0.730 bits per heavy atom. The Bertz CT molecular complexity index is 659. The molecule has 3 fully saturated rings. The van der Waals surface area contributed by atoms with Crippen molar-refractivity contribution in [2.75, 3.05) is 0 Å². The van der Waals surface area contributed by atoms with Gasteiger partial charge in [0.2, 0.25) is 0 Å². The van der Waals surface area contributed by atoms with Crippen molar-refractivity contribution in [2.24, 2.45) is 0 Å². The van der Waals surface area contributed by atoms with E-state index in [0.717, 1.165) is 0 Å². The van der Waals surface area contributed by atoms with E-state index >= 15 is 0 Å². The van der Waals surface area contributed by atoms with Crippen LogP contribution < -0.4 is 0 Å². The molecule has 3 saturated heterocycles. The predicted molar refractivity (Wildman–Crippen MR) is 143 cm³/mol. The molecule has 3 heterocycles. The van der Waals surface area contributed by atoms with Gasteiger partial charge in [-0.15, -0.1) is 10.3 Å². The van der Waals surface area contributed by atoms with Crippen LogP contribution in [0.25, 0.3) is 0 Å². The molecule has 0 aliphatic carbocycles. The fourth-order valence-electron chi connectivity index (χ4n) is 7.19. The third-order valence-corrected chi connectivity index (χ3v) is 9.87. The van der Waals surface area contributed by atoms with Crippen LogP contribution in [0.15, 0.2) is 0 Å². The summed E-state index contributed by atoms with van der Waals surface area (Å²) in [6, 6.07) is 0. The van der Waals surface area contributed by atoms with E-state index in [9.17, 15) is 15.6 Å². The second-order valence-corrected chi connectivity index (χ2v) is 16.5. The third-order valence-electron chi connectivity index (χ3n) is 8.46. The van der Waals surface area contributed by atoms with Crippen LogP contribution in [0.3, 0.4) is 0 Å². The molecule has 0 saturated carbocycles. The summed E-state index contributed by atoms with van der Waals surface area (Å²) in [6.45, 7) is 24.0. The van der Waals surface area contributed by atoms with Crippen molar-refractivity contribution in [2.45, 2.75) is 173 Å². The zero-order valence-corrected chi connectivity index (χ0v) is 26.2.